The first kappa shape index (κ1) is 11.3. The minimum Gasteiger partial charge on any atom is -0.285 e. The predicted molar refractivity (Wildman–Crippen MR) is 56.6 cm³/mol. The SMILES string of the molecule is CC(CCCl)CCn1ncn(C)c1=O. The van der Waals surface area contributed by atoms with E-state index in [0.29, 0.717) is 18.3 Å². The van der Waals surface area contributed by atoms with Crippen molar-refractivity contribution in [2.75, 3.05) is 5.88 Å². The number of rotatable bonds is 5. The molecule has 1 heterocycles. The quantitative estimate of drug-likeness (QED) is 0.697. The van der Waals surface area contributed by atoms with Crippen LogP contribution in [-0.2, 0) is 13.6 Å². The maximum Gasteiger partial charge on any atom is 0.345 e. The van der Waals surface area contributed by atoms with Gasteiger partial charge in [-0.05, 0) is 18.8 Å². The molecule has 5 heteroatoms. The number of nitrogens with zero attached hydrogens (tertiary/aromatic N) is 3. The molecule has 0 spiro atoms. The van der Waals surface area contributed by atoms with Gasteiger partial charge in [0.05, 0.1) is 0 Å². The number of halogens is 1. The standard InChI is InChI=1S/C9H16ClN3O/c1-8(3-5-10)4-6-13-9(14)12(2)7-11-13/h7-8H,3-6H2,1-2H3. The van der Waals surface area contributed by atoms with Crippen molar-refractivity contribution < 1.29 is 0 Å². The number of alkyl halides is 1. The Kier molecular flexibility index (Phi) is 4.20. The van der Waals surface area contributed by atoms with Crippen LogP contribution in [-0.4, -0.2) is 20.2 Å². The van der Waals surface area contributed by atoms with Gasteiger partial charge in [0, 0.05) is 19.5 Å². The first-order valence-corrected chi connectivity index (χ1v) is 5.33. The average molecular weight is 218 g/mol. The lowest BCUT2D eigenvalue weighted by molar-refractivity contribution is 0.441. The Morgan fingerprint density at radius 1 is 1.57 bits per heavy atom. The topological polar surface area (TPSA) is 39.8 Å². The number of hydrogen-bond acceptors (Lipinski definition) is 2. The van der Waals surface area contributed by atoms with Crippen molar-refractivity contribution >= 4 is 11.6 Å². The van der Waals surface area contributed by atoms with Crippen LogP contribution in [0.3, 0.4) is 0 Å². The third-order valence-electron chi connectivity index (χ3n) is 2.32. The van der Waals surface area contributed by atoms with Crippen LogP contribution in [0.1, 0.15) is 19.8 Å². The van der Waals surface area contributed by atoms with Crippen LogP contribution in [0.5, 0.6) is 0 Å². The van der Waals surface area contributed by atoms with E-state index in [-0.39, 0.29) is 5.69 Å². The van der Waals surface area contributed by atoms with Gasteiger partial charge in [0.15, 0.2) is 0 Å². The van der Waals surface area contributed by atoms with Crippen molar-refractivity contribution in [2.45, 2.75) is 26.3 Å². The maximum absolute atomic E-state index is 11.4. The summed E-state index contributed by atoms with van der Waals surface area (Å²) in [6.45, 7) is 2.81. The molecule has 0 radical (unpaired) electrons. The fourth-order valence-corrected chi connectivity index (χ4v) is 1.62. The smallest absolute Gasteiger partial charge is 0.285 e. The normalized spacial score (nSPS) is 13.1. The minimum atomic E-state index is -0.0527. The molecule has 0 saturated heterocycles. The van der Waals surface area contributed by atoms with Crippen LogP contribution in [0.15, 0.2) is 11.1 Å². The molecule has 4 nitrogen and oxygen atoms in total. The van der Waals surface area contributed by atoms with Crippen LogP contribution >= 0.6 is 11.6 Å². The number of hydrogen-bond donors (Lipinski definition) is 0. The van der Waals surface area contributed by atoms with Gasteiger partial charge in [-0.2, -0.15) is 5.10 Å². The minimum absolute atomic E-state index is 0.0527. The summed E-state index contributed by atoms with van der Waals surface area (Å²) in [6.07, 6.45) is 3.47. The molecule has 0 bridgehead atoms. The average Bonchev–Trinajstić information content (AvgIpc) is 2.46. The van der Waals surface area contributed by atoms with E-state index in [9.17, 15) is 4.79 Å². The second-order valence-corrected chi connectivity index (χ2v) is 4.00. The molecule has 0 fully saturated rings. The summed E-state index contributed by atoms with van der Waals surface area (Å²) in [5.74, 6) is 1.22. The van der Waals surface area contributed by atoms with Gasteiger partial charge < -0.3 is 0 Å². The van der Waals surface area contributed by atoms with Crippen molar-refractivity contribution in [3.63, 3.8) is 0 Å². The van der Waals surface area contributed by atoms with Gasteiger partial charge in [-0.3, -0.25) is 4.57 Å². The van der Waals surface area contributed by atoms with Crippen molar-refractivity contribution in [2.24, 2.45) is 13.0 Å². The Labute approximate surface area is 88.5 Å². The van der Waals surface area contributed by atoms with Crippen LogP contribution < -0.4 is 5.69 Å². The highest BCUT2D eigenvalue weighted by Crippen LogP contribution is 2.08. The summed E-state index contributed by atoms with van der Waals surface area (Å²) in [7, 11) is 1.70. The summed E-state index contributed by atoms with van der Waals surface area (Å²) in [5.41, 5.74) is -0.0527. The third kappa shape index (κ3) is 2.87. The Morgan fingerprint density at radius 2 is 2.29 bits per heavy atom. The van der Waals surface area contributed by atoms with E-state index in [1.54, 1.807) is 7.05 Å². The largest absolute Gasteiger partial charge is 0.345 e. The van der Waals surface area contributed by atoms with E-state index in [1.165, 1.54) is 15.6 Å². The zero-order chi connectivity index (χ0) is 10.6. The monoisotopic (exact) mass is 217 g/mol. The number of aryl methyl sites for hydroxylation is 2. The molecule has 0 aliphatic heterocycles. The van der Waals surface area contributed by atoms with Crippen molar-refractivity contribution in [1.82, 2.24) is 14.3 Å². The molecule has 80 valence electrons. The first-order chi connectivity index (χ1) is 6.65. The van der Waals surface area contributed by atoms with E-state index < -0.39 is 0 Å². The van der Waals surface area contributed by atoms with E-state index in [4.69, 9.17) is 11.6 Å². The highest BCUT2D eigenvalue weighted by atomic mass is 35.5. The van der Waals surface area contributed by atoms with Gasteiger partial charge in [0.1, 0.15) is 6.33 Å². The van der Waals surface area contributed by atoms with Crippen LogP contribution in [0, 0.1) is 5.92 Å². The number of aromatic nitrogens is 3. The van der Waals surface area contributed by atoms with Crippen LogP contribution in [0.4, 0.5) is 0 Å². The molecule has 0 aliphatic rings. The Balaban J connectivity index is 2.46. The molecule has 0 N–H and O–H groups in total. The fraction of sp³-hybridized carbons (Fsp3) is 0.778. The Bertz CT molecular complexity index is 331. The van der Waals surface area contributed by atoms with Gasteiger partial charge in [0.2, 0.25) is 0 Å². The van der Waals surface area contributed by atoms with E-state index in [2.05, 4.69) is 12.0 Å². The lowest BCUT2D eigenvalue weighted by Crippen LogP contribution is -2.23. The second-order valence-electron chi connectivity index (χ2n) is 3.62. The lowest BCUT2D eigenvalue weighted by atomic mass is 10.1. The lowest BCUT2D eigenvalue weighted by Gasteiger charge is -2.07. The highest BCUT2D eigenvalue weighted by molar-refractivity contribution is 6.17. The van der Waals surface area contributed by atoms with Crippen molar-refractivity contribution in [3.8, 4) is 0 Å². The Morgan fingerprint density at radius 3 is 2.79 bits per heavy atom. The van der Waals surface area contributed by atoms with Crippen molar-refractivity contribution in [3.05, 3.63) is 16.8 Å². The molecule has 1 aromatic heterocycles. The van der Waals surface area contributed by atoms with E-state index in [0.717, 1.165) is 12.8 Å². The van der Waals surface area contributed by atoms with Gasteiger partial charge in [-0.15, -0.1) is 11.6 Å². The maximum atomic E-state index is 11.4. The molecule has 0 saturated carbocycles. The molecule has 0 aromatic carbocycles. The first-order valence-electron chi connectivity index (χ1n) is 4.79. The van der Waals surface area contributed by atoms with E-state index in [1.807, 2.05) is 0 Å². The zero-order valence-electron chi connectivity index (χ0n) is 8.61. The van der Waals surface area contributed by atoms with Gasteiger partial charge in [0.25, 0.3) is 0 Å². The third-order valence-corrected chi connectivity index (χ3v) is 2.54. The molecule has 0 amide bonds. The molecule has 1 atom stereocenters. The molecule has 1 rings (SSSR count). The summed E-state index contributed by atoms with van der Waals surface area (Å²) in [4.78, 5) is 11.4. The summed E-state index contributed by atoms with van der Waals surface area (Å²) >= 11 is 5.63. The summed E-state index contributed by atoms with van der Waals surface area (Å²) < 4.78 is 2.97. The summed E-state index contributed by atoms with van der Waals surface area (Å²) in [5, 5.41) is 3.98. The molecule has 1 unspecified atom stereocenters. The van der Waals surface area contributed by atoms with Gasteiger partial charge in [-0.25, -0.2) is 9.48 Å². The van der Waals surface area contributed by atoms with Crippen LogP contribution in [0.2, 0.25) is 0 Å². The predicted octanol–water partition coefficient (Wildman–Crippen LogP) is 1.24. The van der Waals surface area contributed by atoms with Gasteiger partial charge >= 0.3 is 5.69 Å². The Hall–Kier alpha value is -0.770. The highest BCUT2D eigenvalue weighted by Gasteiger charge is 2.05. The zero-order valence-corrected chi connectivity index (χ0v) is 9.37. The van der Waals surface area contributed by atoms with Crippen LogP contribution in [0.25, 0.3) is 0 Å². The van der Waals surface area contributed by atoms with Gasteiger partial charge in [-0.1, -0.05) is 6.92 Å². The molecule has 0 aliphatic carbocycles. The molecular formula is C9H16ClN3O. The molecule has 1 aromatic rings. The van der Waals surface area contributed by atoms with Crippen molar-refractivity contribution in [1.29, 1.82) is 0 Å². The second kappa shape index (κ2) is 5.20. The fourth-order valence-electron chi connectivity index (χ4n) is 1.25. The molecular weight excluding hydrogens is 202 g/mol. The summed E-state index contributed by atoms with van der Waals surface area (Å²) in [6, 6.07) is 0. The molecule has 14 heavy (non-hydrogen) atoms. The van der Waals surface area contributed by atoms with E-state index >= 15 is 0 Å².